The van der Waals surface area contributed by atoms with Crippen LogP contribution in [0.1, 0.15) is 25.3 Å². The van der Waals surface area contributed by atoms with Crippen LogP contribution in [0.15, 0.2) is 24.3 Å². The molecule has 0 aromatic heterocycles. The van der Waals surface area contributed by atoms with Crippen molar-refractivity contribution in [2.24, 2.45) is 0 Å². The molecule has 0 saturated heterocycles. The predicted octanol–water partition coefficient (Wildman–Crippen LogP) is 2.73. The zero-order valence-electron chi connectivity index (χ0n) is 11.8. The summed E-state index contributed by atoms with van der Waals surface area (Å²) in [5.41, 5.74) is 0.506. The SMILES string of the molecule is CCCCNC(=O)COc1c(Cl)cccc1/C=C/C(=O)O. The smallest absolute Gasteiger partial charge is 0.328 e. The number of benzene rings is 1. The number of ether oxygens (including phenoxy) is 1. The Morgan fingerprint density at radius 3 is 2.86 bits per heavy atom. The molecule has 21 heavy (non-hydrogen) atoms. The van der Waals surface area contributed by atoms with Crippen molar-refractivity contribution in [1.82, 2.24) is 5.32 Å². The summed E-state index contributed by atoms with van der Waals surface area (Å²) in [7, 11) is 0. The quantitative estimate of drug-likeness (QED) is 0.572. The summed E-state index contributed by atoms with van der Waals surface area (Å²) in [6, 6.07) is 4.96. The molecule has 6 heteroatoms. The number of halogens is 1. The second kappa shape index (κ2) is 9.02. The normalized spacial score (nSPS) is 10.6. The van der Waals surface area contributed by atoms with Crippen LogP contribution in [0.4, 0.5) is 0 Å². The average molecular weight is 312 g/mol. The first-order valence-electron chi connectivity index (χ1n) is 6.63. The molecule has 0 unspecified atom stereocenters. The monoisotopic (exact) mass is 311 g/mol. The lowest BCUT2D eigenvalue weighted by atomic mass is 10.2. The Balaban J connectivity index is 2.69. The summed E-state index contributed by atoms with van der Waals surface area (Å²) in [6.45, 7) is 2.47. The molecule has 0 aliphatic heterocycles. The Labute approximate surface area is 128 Å². The fourth-order valence-corrected chi connectivity index (χ4v) is 1.80. The van der Waals surface area contributed by atoms with Crippen LogP contribution in [0, 0.1) is 0 Å². The predicted molar refractivity (Wildman–Crippen MR) is 81.5 cm³/mol. The zero-order chi connectivity index (χ0) is 15.7. The summed E-state index contributed by atoms with van der Waals surface area (Å²) in [6.07, 6.45) is 4.26. The van der Waals surface area contributed by atoms with Gasteiger partial charge in [0.15, 0.2) is 6.61 Å². The average Bonchev–Trinajstić information content (AvgIpc) is 2.44. The third-order valence-corrected chi connectivity index (χ3v) is 2.90. The summed E-state index contributed by atoms with van der Waals surface area (Å²) < 4.78 is 5.40. The highest BCUT2D eigenvalue weighted by atomic mass is 35.5. The molecule has 0 spiro atoms. The Morgan fingerprint density at radius 2 is 2.19 bits per heavy atom. The summed E-state index contributed by atoms with van der Waals surface area (Å²) in [4.78, 5) is 22.1. The van der Waals surface area contributed by atoms with E-state index in [4.69, 9.17) is 21.4 Å². The molecule has 0 fully saturated rings. The van der Waals surface area contributed by atoms with Crippen molar-refractivity contribution in [3.63, 3.8) is 0 Å². The summed E-state index contributed by atoms with van der Waals surface area (Å²) in [5.74, 6) is -1.02. The van der Waals surface area contributed by atoms with E-state index in [1.54, 1.807) is 18.2 Å². The topological polar surface area (TPSA) is 75.6 Å². The van der Waals surface area contributed by atoms with Gasteiger partial charge in [-0.25, -0.2) is 4.79 Å². The zero-order valence-corrected chi connectivity index (χ0v) is 12.5. The lowest BCUT2D eigenvalue weighted by molar-refractivity contribution is -0.131. The van der Waals surface area contributed by atoms with Crippen molar-refractivity contribution in [3.8, 4) is 5.75 Å². The molecule has 114 valence electrons. The maximum atomic E-state index is 11.6. The molecule has 1 aromatic rings. The van der Waals surface area contributed by atoms with E-state index in [2.05, 4.69) is 5.32 Å². The largest absolute Gasteiger partial charge is 0.482 e. The molecule has 2 N–H and O–H groups in total. The second-order valence-electron chi connectivity index (χ2n) is 4.32. The van der Waals surface area contributed by atoms with Crippen molar-refractivity contribution < 1.29 is 19.4 Å². The van der Waals surface area contributed by atoms with E-state index in [-0.39, 0.29) is 12.5 Å². The molecule has 1 rings (SSSR count). The fourth-order valence-electron chi connectivity index (χ4n) is 1.56. The number of carbonyl (C=O) groups is 2. The number of carboxylic acid groups (broad SMARTS) is 1. The Morgan fingerprint density at radius 1 is 1.43 bits per heavy atom. The minimum Gasteiger partial charge on any atom is -0.482 e. The third kappa shape index (κ3) is 6.31. The van der Waals surface area contributed by atoms with Gasteiger partial charge in [-0.1, -0.05) is 37.1 Å². The van der Waals surface area contributed by atoms with E-state index < -0.39 is 5.97 Å². The number of para-hydroxylation sites is 1. The van der Waals surface area contributed by atoms with Gasteiger partial charge in [0.1, 0.15) is 5.75 Å². The van der Waals surface area contributed by atoms with Crippen molar-refractivity contribution in [3.05, 3.63) is 34.9 Å². The molecule has 0 saturated carbocycles. The van der Waals surface area contributed by atoms with E-state index >= 15 is 0 Å². The molecule has 0 atom stereocenters. The molecule has 0 aliphatic carbocycles. The number of nitrogens with one attached hydrogen (secondary N) is 1. The lowest BCUT2D eigenvalue weighted by Crippen LogP contribution is -2.29. The third-order valence-electron chi connectivity index (χ3n) is 2.60. The highest BCUT2D eigenvalue weighted by Gasteiger charge is 2.09. The van der Waals surface area contributed by atoms with E-state index in [9.17, 15) is 9.59 Å². The minimum atomic E-state index is -1.07. The van der Waals surface area contributed by atoms with Crippen LogP contribution in [-0.4, -0.2) is 30.1 Å². The summed E-state index contributed by atoms with van der Waals surface area (Å²) in [5, 5.41) is 11.7. The van der Waals surface area contributed by atoms with Gasteiger partial charge in [0.2, 0.25) is 0 Å². The number of hydrogen-bond acceptors (Lipinski definition) is 3. The van der Waals surface area contributed by atoms with Crippen molar-refractivity contribution in [2.75, 3.05) is 13.2 Å². The van der Waals surface area contributed by atoms with Gasteiger partial charge in [0.25, 0.3) is 5.91 Å². The van der Waals surface area contributed by atoms with Gasteiger partial charge in [-0.2, -0.15) is 0 Å². The van der Waals surface area contributed by atoms with Gasteiger partial charge in [-0.3, -0.25) is 4.79 Å². The molecule has 1 amide bonds. The van der Waals surface area contributed by atoms with Gasteiger partial charge in [-0.15, -0.1) is 0 Å². The number of hydrogen-bond donors (Lipinski definition) is 2. The Hall–Kier alpha value is -2.01. The van der Waals surface area contributed by atoms with Crippen LogP contribution in [0.2, 0.25) is 5.02 Å². The minimum absolute atomic E-state index is 0.165. The van der Waals surface area contributed by atoms with E-state index in [1.807, 2.05) is 6.92 Å². The first kappa shape index (κ1) is 17.0. The van der Waals surface area contributed by atoms with E-state index in [0.717, 1.165) is 18.9 Å². The number of rotatable bonds is 8. The van der Waals surface area contributed by atoms with Crippen LogP contribution < -0.4 is 10.1 Å². The maximum absolute atomic E-state index is 11.6. The molecule has 0 bridgehead atoms. The molecule has 1 aromatic carbocycles. The highest BCUT2D eigenvalue weighted by Crippen LogP contribution is 2.29. The number of amides is 1. The van der Waals surface area contributed by atoms with Gasteiger partial charge >= 0.3 is 5.97 Å². The number of carbonyl (C=O) groups excluding carboxylic acids is 1. The van der Waals surface area contributed by atoms with Crippen LogP contribution in [0.5, 0.6) is 5.75 Å². The Kier molecular flexibility index (Phi) is 7.32. The van der Waals surface area contributed by atoms with Crippen molar-refractivity contribution in [2.45, 2.75) is 19.8 Å². The molecular formula is C15H18ClNO4. The highest BCUT2D eigenvalue weighted by molar-refractivity contribution is 6.32. The van der Waals surface area contributed by atoms with Crippen LogP contribution in [0.25, 0.3) is 6.08 Å². The van der Waals surface area contributed by atoms with Crippen LogP contribution in [0.3, 0.4) is 0 Å². The van der Waals surface area contributed by atoms with Gasteiger partial charge in [0, 0.05) is 18.2 Å². The molecule has 0 radical (unpaired) electrons. The standard InChI is InChI=1S/C15H18ClNO4/c1-2-3-9-17-13(18)10-21-15-11(7-8-14(19)20)5-4-6-12(15)16/h4-8H,2-3,9-10H2,1H3,(H,17,18)(H,19,20)/b8-7+. The molecule has 0 aliphatic rings. The fraction of sp³-hybridized carbons (Fsp3) is 0.333. The van der Waals surface area contributed by atoms with Gasteiger partial charge < -0.3 is 15.2 Å². The van der Waals surface area contributed by atoms with Gasteiger partial charge in [-0.05, 0) is 18.6 Å². The van der Waals surface area contributed by atoms with Crippen molar-refractivity contribution >= 4 is 29.6 Å². The summed E-state index contributed by atoms with van der Waals surface area (Å²) >= 11 is 6.02. The van der Waals surface area contributed by atoms with Crippen molar-refractivity contribution in [1.29, 1.82) is 0 Å². The number of unbranched alkanes of at least 4 members (excludes halogenated alkanes) is 1. The number of carboxylic acids is 1. The lowest BCUT2D eigenvalue weighted by Gasteiger charge is -2.11. The second-order valence-corrected chi connectivity index (χ2v) is 4.73. The van der Waals surface area contributed by atoms with Crippen LogP contribution >= 0.6 is 11.6 Å². The van der Waals surface area contributed by atoms with Gasteiger partial charge in [0.05, 0.1) is 5.02 Å². The maximum Gasteiger partial charge on any atom is 0.328 e. The first-order chi connectivity index (χ1) is 10.0. The molecule has 0 heterocycles. The molecular weight excluding hydrogens is 294 g/mol. The first-order valence-corrected chi connectivity index (χ1v) is 7.01. The van der Waals surface area contributed by atoms with Crippen LogP contribution in [-0.2, 0) is 9.59 Å². The number of aliphatic carboxylic acids is 1. The van der Waals surface area contributed by atoms with E-state index in [1.165, 1.54) is 6.08 Å². The van der Waals surface area contributed by atoms with E-state index in [0.29, 0.717) is 22.9 Å². The molecule has 5 nitrogen and oxygen atoms in total. The Bertz CT molecular complexity index is 528.